The van der Waals surface area contributed by atoms with Crippen LogP contribution in [-0.2, 0) is 6.54 Å². The molecule has 0 fully saturated rings. The van der Waals surface area contributed by atoms with Gasteiger partial charge in [-0.3, -0.25) is 9.97 Å². The number of hydrogen-bond donors (Lipinski definition) is 1. The van der Waals surface area contributed by atoms with Crippen LogP contribution in [0.3, 0.4) is 0 Å². The van der Waals surface area contributed by atoms with E-state index in [2.05, 4.69) is 63.8 Å². The number of hydrogen-bond acceptors (Lipinski definition) is 3. The van der Waals surface area contributed by atoms with Crippen LogP contribution in [0.25, 0.3) is 0 Å². The Bertz CT molecular complexity index is 614. The first-order valence-corrected chi connectivity index (χ1v) is 7.01. The molecule has 0 atom stereocenters. The van der Waals surface area contributed by atoms with Gasteiger partial charge in [0.25, 0.3) is 0 Å². The maximum absolute atomic E-state index is 4.31. The molecular weight excluding hydrogens is 258 g/mol. The molecule has 21 heavy (non-hydrogen) atoms. The monoisotopic (exact) mass is 275 g/mol. The molecule has 104 valence electrons. The van der Waals surface area contributed by atoms with E-state index in [1.807, 2.05) is 12.1 Å². The van der Waals surface area contributed by atoms with Crippen LogP contribution >= 0.6 is 0 Å². The minimum Gasteiger partial charge on any atom is -0.300 e. The molecule has 0 unspecified atom stereocenters. The highest BCUT2D eigenvalue weighted by molar-refractivity contribution is 5.31. The lowest BCUT2D eigenvalue weighted by atomic mass is 9.99. The molecule has 2 aromatic carbocycles. The lowest BCUT2D eigenvalue weighted by Crippen LogP contribution is -2.22. The normalized spacial score (nSPS) is 10.7. The molecule has 3 aromatic rings. The second-order valence-corrected chi connectivity index (χ2v) is 4.83. The third-order valence-electron chi connectivity index (χ3n) is 3.37. The molecule has 3 heteroatoms. The summed E-state index contributed by atoms with van der Waals surface area (Å²) in [4.78, 5) is 8.42. The first kappa shape index (κ1) is 13.5. The molecule has 3 rings (SSSR count). The molecule has 0 aliphatic carbocycles. The molecule has 3 nitrogen and oxygen atoms in total. The highest BCUT2D eigenvalue weighted by Crippen LogP contribution is 2.21. The van der Waals surface area contributed by atoms with E-state index >= 15 is 0 Å². The van der Waals surface area contributed by atoms with Gasteiger partial charge in [-0.15, -0.1) is 0 Å². The summed E-state index contributed by atoms with van der Waals surface area (Å²) < 4.78 is 0. The van der Waals surface area contributed by atoms with Gasteiger partial charge in [-0.25, -0.2) is 0 Å². The standard InChI is InChI=1S/C18H17N3/c1-3-7-15(8-4-1)18(16-9-5-2-6-10-16)21-14-17-13-19-11-12-20-17/h1-13,18,21H,14H2. The highest BCUT2D eigenvalue weighted by atomic mass is 14.9. The maximum Gasteiger partial charge on any atom is 0.0724 e. The zero-order chi connectivity index (χ0) is 14.3. The molecule has 0 amide bonds. The smallest absolute Gasteiger partial charge is 0.0724 e. The highest BCUT2D eigenvalue weighted by Gasteiger charge is 2.13. The fourth-order valence-electron chi connectivity index (χ4n) is 2.35. The van der Waals surface area contributed by atoms with Crippen LogP contribution < -0.4 is 5.32 Å². The second-order valence-electron chi connectivity index (χ2n) is 4.83. The number of nitrogens with zero attached hydrogens (tertiary/aromatic N) is 2. The van der Waals surface area contributed by atoms with Gasteiger partial charge in [-0.1, -0.05) is 60.7 Å². The average molecular weight is 275 g/mol. The number of rotatable bonds is 5. The molecule has 0 saturated heterocycles. The van der Waals surface area contributed by atoms with Gasteiger partial charge in [-0.05, 0) is 11.1 Å². The summed E-state index contributed by atoms with van der Waals surface area (Å²) in [6, 6.07) is 21.0. The summed E-state index contributed by atoms with van der Waals surface area (Å²) in [6.07, 6.45) is 5.20. The Morgan fingerprint density at radius 1 is 0.810 bits per heavy atom. The molecule has 0 aliphatic rings. The number of aromatic nitrogens is 2. The van der Waals surface area contributed by atoms with E-state index < -0.39 is 0 Å². The Hall–Kier alpha value is -2.52. The Labute approximate surface area is 124 Å². The molecule has 1 N–H and O–H groups in total. The molecule has 0 aliphatic heterocycles. The van der Waals surface area contributed by atoms with E-state index in [-0.39, 0.29) is 6.04 Å². The van der Waals surface area contributed by atoms with E-state index in [1.54, 1.807) is 18.6 Å². The first-order valence-electron chi connectivity index (χ1n) is 7.01. The van der Waals surface area contributed by atoms with E-state index in [4.69, 9.17) is 0 Å². The largest absolute Gasteiger partial charge is 0.300 e. The van der Waals surface area contributed by atoms with Gasteiger partial charge in [-0.2, -0.15) is 0 Å². The van der Waals surface area contributed by atoms with Crippen LogP contribution in [0.2, 0.25) is 0 Å². The molecule has 0 bridgehead atoms. The second kappa shape index (κ2) is 6.77. The molecule has 0 spiro atoms. The van der Waals surface area contributed by atoms with E-state index in [0.29, 0.717) is 6.54 Å². The quantitative estimate of drug-likeness (QED) is 0.776. The van der Waals surface area contributed by atoms with Crippen LogP contribution in [0.4, 0.5) is 0 Å². The van der Waals surface area contributed by atoms with Crippen LogP contribution in [-0.4, -0.2) is 9.97 Å². The minimum atomic E-state index is 0.148. The zero-order valence-electron chi connectivity index (χ0n) is 11.7. The van der Waals surface area contributed by atoms with Gasteiger partial charge in [0.05, 0.1) is 11.7 Å². The summed E-state index contributed by atoms with van der Waals surface area (Å²) in [6.45, 7) is 0.683. The van der Waals surface area contributed by atoms with E-state index in [1.165, 1.54) is 11.1 Å². The van der Waals surface area contributed by atoms with Crippen molar-refractivity contribution in [2.75, 3.05) is 0 Å². The molecule has 0 saturated carbocycles. The van der Waals surface area contributed by atoms with Crippen LogP contribution in [0.5, 0.6) is 0 Å². The number of benzene rings is 2. The first-order chi connectivity index (χ1) is 10.4. The molecule has 0 radical (unpaired) electrons. The summed E-state index contributed by atoms with van der Waals surface area (Å²) in [5, 5.41) is 3.57. The van der Waals surface area contributed by atoms with Crippen molar-refractivity contribution in [3.8, 4) is 0 Å². The summed E-state index contributed by atoms with van der Waals surface area (Å²) in [5.74, 6) is 0. The zero-order valence-corrected chi connectivity index (χ0v) is 11.7. The van der Waals surface area contributed by atoms with Crippen molar-refractivity contribution in [3.63, 3.8) is 0 Å². The lowest BCUT2D eigenvalue weighted by molar-refractivity contribution is 0.595. The van der Waals surface area contributed by atoms with Crippen molar-refractivity contribution >= 4 is 0 Å². The van der Waals surface area contributed by atoms with Crippen molar-refractivity contribution in [3.05, 3.63) is 96.1 Å². The summed E-state index contributed by atoms with van der Waals surface area (Å²) in [7, 11) is 0. The Balaban J connectivity index is 1.83. The SMILES string of the molecule is c1ccc(C(NCc2cnccn2)c2ccccc2)cc1. The van der Waals surface area contributed by atoms with Gasteiger partial charge < -0.3 is 5.32 Å². The molecule has 1 heterocycles. The van der Waals surface area contributed by atoms with Gasteiger partial charge in [0.1, 0.15) is 0 Å². The van der Waals surface area contributed by atoms with Crippen LogP contribution in [0.15, 0.2) is 79.3 Å². The Morgan fingerprint density at radius 3 is 1.95 bits per heavy atom. The van der Waals surface area contributed by atoms with Crippen molar-refractivity contribution < 1.29 is 0 Å². The van der Waals surface area contributed by atoms with Crippen molar-refractivity contribution in [2.24, 2.45) is 0 Å². The lowest BCUT2D eigenvalue weighted by Gasteiger charge is -2.19. The van der Waals surface area contributed by atoms with Crippen LogP contribution in [0, 0.1) is 0 Å². The van der Waals surface area contributed by atoms with Gasteiger partial charge >= 0.3 is 0 Å². The predicted octanol–water partition coefficient (Wildman–Crippen LogP) is 3.36. The summed E-state index contributed by atoms with van der Waals surface area (Å²) in [5.41, 5.74) is 3.43. The molecule has 1 aromatic heterocycles. The van der Waals surface area contributed by atoms with Gasteiger partial charge in [0.15, 0.2) is 0 Å². The number of nitrogens with one attached hydrogen (secondary N) is 1. The Morgan fingerprint density at radius 2 is 1.43 bits per heavy atom. The predicted molar refractivity (Wildman–Crippen MR) is 83.6 cm³/mol. The van der Waals surface area contributed by atoms with Crippen LogP contribution in [0.1, 0.15) is 22.9 Å². The summed E-state index contributed by atoms with van der Waals surface area (Å²) >= 11 is 0. The Kier molecular flexibility index (Phi) is 4.34. The fourth-order valence-corrected chi connectivity index (χ4v) is 2.35. The average Bonchev–Trinajstić information content (AvgIpc) is 2.58. The van der Waals surface area contributed by atoms with Crippen molar-refractivity contribution in [1.29, 1.82) is 0 Å². The maximum atomic E-state index is 4.31. The third-order valence-corrected chi connectivity index (χ3v) is 3.37. The molecular formula is C18H17N3. The van der Waals surface area contributed by atoms with Crippen molar-refractivity contribution in [1.82, 2.24) is 15.3 Å². The van der Waals surface area contributed by atoms with Gasteiger partial charge in [0.2, 0.25) is 0 Å². The third kappa shape index (κ3) is 3.52. The van der Waals surface area contributed by atoms with E-state index in [0.717, 1.165) is 5.69 Å². The topological polar surface area (TPSA) is 37.8 Å². The van der Waals surface area contributed by atoms with E-state index in [9.17, 15) is 0 Å². The van der Waals surface area contributed by atoms with Crippen molar-refractivity contribution in [2.45, 2.75) is 12.6 Å². The minimum absolute atomic E-state index is 0.148. The van der Waals surface area contributed by atoms with Gasteiger partial charge in [0, 0.05) is 25.1 Å². The fraction of sp³-hybridized carbons (Fsp3) is 0.111.